The first kappa shape index (κ1) is 11.1. The zero-order valence-corrected chi connectivity index (χ0v) is 9.86. The first-order valence-corrected chi connectivity index (χ1v) is 5.36. The number of aryl methyl sites for hydroxylation is 2. The Hall–Kier alpha value is -1.36. The molecule has 0 spiro atoms. The minimum absolute atomic E-state index is 0.261. The molecule has 1 aliphatic carbocycles. The number of nitrogens with zero attached hydrogens (tertiary/aromatic N) is 2. The average Bonchev–Trinajstić information content (AvgIpc) is 2.98. The first-order valence-electron chi connectivity index (χ1n) is 5.36. The number of hydrogen-bond donors (Lipinski definition) is 1. The third kappa shape index (κ3) is 1.51. The van der Waals surface area contributed by atoms with Gasteiger partial charge in [-0.25, -0.2) is 0 Å². The zero-order chi connectivity index (χ0) is 11.9. The zero-order valence-electron chi connectivity index (χ0n) is 9.86. The molecule has 1 unspecified atom stereocenters. The van der Waals surface area contributed by atoms with Crippen LogP contribution < -0.4 is 5.73 Å². The second-order valence-corrected chi connectivity index (χ2v) is 4.45. The van der Waals surface area contributed by atoms with E-state index in [-0.39, 0.29) is 11.4 Å². The highest BCUT2D eigenvalue weighted by Crippen LogP contribution is 2.50. The van der Waals surface area contributed by atoms with Gasteiger partial charge < -0.3 is 10.5 Å². The number of aromatic nitrogens is 2. The van der Waals surface area contributed by atoms with Crippen molar-refractivity contribution >= 4 is 5.97 Å². The molecule has 88 valence electrons. The molecule has 2 rings (SSSR count). The van der Waals surface area contributed by atoms with Gasteiger partial charge in [-0.3, -0.25) is 9.48 Å². The van der Waals surface area contributed by atoms with Gasteiger partial charge >= 0.3 is 5.97 Å². The van der Waals surface area contributed by atoms with E-state index >= 15 is 0 Å². The summed E-state index contributed by atoms with van der Waals surface area (Å²) in [7, 11) is 3.25. The lowest BCUT2D eigenvalue weighted by Gasteiger charge is -2.21. The maximum atomic E-state index is 11.5. The van der Waals surface area contributed by atoms with E-state index in [1.165, 1.54) is 7.11 Å². The van der Waals surface area contributed by atoms with Gasteiger partial charge in [-0.1, -0.05) is 0 Å². The molecular weight excluding hydrogens is 206 g/mol. The Kier molecular flexibility index (Phi) is 2.50. The molecule has 0 saturated heterocycles. The highest BCUT2D eigenvalue weighted by atomic mass is 16.5. The van der Waals surface area contributed by atoms with Gasteiger partial charge in [-0.05, 0) is 25.8 Å². The van der Waals surface area contributed by atoms with Crippen molar-refractivity contribution in [3.05, 3.63) is 17.5 Å². The molecule has 16 heavy (non-hydrogen) atoms. The summed E-state index contributed by atoms with van der Waals surface area (Å²) in [5.74, 6) is -0.351. The first-order chi connectivity index (χ1) is 7.51. The van der Waals surface area contributed by atoms with E-state index in [1.807, 2.05) is 24.7 Å². The summed E-state index contributed by atoms with van der Waals surface area (Å²) >= 11 is 0. The normalized spacial score (nSPS) is 19.2. The maximum Gasteiger partial charge on any atom is 0.323 e. The van der Waals surface area contributed by atoms with E-state index in [0.717, 1.165) is 24.2 Å². The fraction of sp³-hybridized carbons (Fsp3) is 0.636. The van der Waals surface area contributed by atoms with Gasteiger partial charge in [0.25, 0.3) is 0 Å². The van der Waals surface area contributed by atoms with Gasteiger partial charge in [0, 0.05) is 18.2 Å². The Morgan fingerprint density at radius 2 is 2.31 bits per heavy atom. The number of hydrogen-bond acceptors (Lipinski definition) is 4. The number of nitrogens with two attached hydrogens (primary N) is 1. The topological polar surface area (TPSA) is 70.1 Å². The summed E-state index contributed by atoms with van der Waals surface area (Å²) in [5.41, 5.74) is 7.68. The van der Waals surface area contributed by atoms with Crippen LogP contribution in [0.1, 0.15) is 24.2 Å². The van der Waals surface area contributed by atoms with Crippen molar-refractivity contribution in [1.29, 1.82) is 0 Å². The van der Waals surface area contributed by atoms with Crippen LogP contribution in [0.4, 0.5) is 0 Å². The van der Waals surface area contributed by atoms with Crippen LogP contribution in [0.3, 0.4) is 0 Å². The van der Waals surface area contributed by atoms with E-state index in [1.54, 1.807) is 0 Å². The molecule has 5 heteroatoms. The Balaban J connectivity index is 2.33. The minimum Gasteiger partial charge on any atom is -0.468 e. The molecule has 0 amide bonds. The van der Waals surface area contributed by atoms with Crippen LogP contribution >= 0.6 is 0 Å². The van der Waals surface area contributed by atoms with Crippen LogP contribution in [0.5, 0.6) is 0 Å². The Morgan fingerprint density at radius 3 is 2.69 bits per heavy atom. The quantitative estimate of drug-likeness (QED) is 0.746. The lowest BCUT2D eigenvalue weighted by Crippen LogP contribution is -2.43. The van der Waals surface area contributed by atoms with Crippen molar-refractivity contribution in [1.82, 2.24) is 9.78 Å². The van der Waals surface area contributed by atoms with Crippen molar-refractivity contribution in [3.63, 3.8) is 0 Å². The summed E-state index contributed by atoms with van der Waals surface area (Å²) in [4.78, 5) is 11.5. The monoisotopic (exact) mass is 223 g/mol. The molecule has 1 aromatic heterocycles. The predicted octanol–water partition coefficient (Wildman–Crippen LogP) is 0.260. The minimum atomic E-state index is -0.590. The fourth-order valence-corrected chi connectivity index (χ4v) is 2.29. The molecule has 1 atom stereocenters. The van der Waals surface area contributed by atoms with E-state index in [4.69, 9.17) is 10.5 Å². The van der Waals surface area contributed by atoms with Crippen LogP contribution in [-0.2, 0) is 22.0 Å². The van der Waals surface area contributed by atoms with E-state index < -0.39 is 6.04 Å². The number of carbonyl (C=O) groups excluding carboxylic acids is 1. The molecule has 1 fully saturated rings. The van der Waals surface area contributed by atoms with Gasteiger partial charge in [0.2, 0.25) is 0 Å². The maximum absolute atomic E-state index is 11.5. The largest absolute Gasteiger partial charge is 0.468 e. The molecule has 0 aromatic carbocycles. The summed E-state index contributed by atoms with van der Waals surface area (Å²) in [6.45, 7) is 1.93. The van der Waals surface area contributed by atoms with Gasteiger partial charge in [0.15, 0.2) is 0 Å². The molecule has 1 saturated carbocycles. The third-order valence-electron chi connectivity index (χ3n) is 3.35. The van der Waals surface area contributed by atoms with Crippen LogP contribution in [0.25, 0.3) is 0 Å². The van der Waals surface area contributed by atoms with Crippen LogP contribution in [0.2, 0.25) is 0 Å². The predicted molar refractivity (Wildman–Crippen MR) is 58.8 cm³/mol. The van der Waals surface area contributed by atoms with E-state index in [0.29, 0.717) is 0 Å². The van der Waals surface area contributed by atoms with E-state index in [9.17, 15) is 4.79 Å². The molecule has 2 N–H and O–H groups in total. The summed E-state index contributed by atoms with van der Waals surface area (Å²) in [6.07, 6.45) is 1.84. The average molecular weight is 223 g/mol. The Bertz CT molecular complexity index is 421. The SMILES string of the molecule is COC(=O)C(N)C1(c2cc(C)nn2C)CC1. The molecule has 1 aromatic rings. The van der Waals surface area contributed by atoms with Crippen molar-refractivity contribution in [3.8, 4) is 0 Å². The molecule has 0 aliphatic heterocycles. The van der Waals surface area contributed by atoms with Crippen LogP contribution in [0.15, 0.2) is 6.07 Å². The second kappa shape index (κ2) is 3.59. The third-order valence-corrected chi connectivity index (χ3v) is 3.35. The van der Waals surface area contributed by atoms with Crippen molar-refractivity contribution in [2.75, 3.05) is 7.11 Å². The molecule has 1 heterocycles. The van der Waals surface area contributed by atoms with Gasteiger partial charge in [-0.2, -0.15) is 5.10 Å². The number of methoxy groups -OCH3 is 1. The molecule has 0 bridgehead atoms. The number of esters is 1. The van der Waals surface area contributed by atoms with Gasteiger partial charge in [0.05, 0.1) is 12.8 Å². The Labute approximate surface area is 94.6 Å². The Morgan fingerprint density at radius 1 is 1.69 bits per heavy atom. The molecule has 5 nitrogen and oxygen atoms in total. The lowest BCUT2D eigenvalue weighted by molar-refractivity contribution is -0.143. The van der Waals surface area contributed by atoms with Gasteiger partial charge in [-0.15, -0.1) is 0 Å². The van der Waals surface area contributed by atoms with Gasteiger partial charge in [0.1, 0.15) is 6.04 Å². The highest BCUT2D eigenvalue weighted by Gasteiger charge is 2.54. The standard InChI is InChI=1S/C11H17N3O2/c1-7-6-8(14(2)13-7)11(4-5-11)9(12)10(15)16-3/h6,9H,4-5,12H2,1-3H3. The summed E-state index contributed by atoms with van der Waals surface area (Å²) in [5, 5.41) is 4.29. The number of ether oxygens (including phenoxy) is 1. The van der Waals surface area contributed by atoms with Crippen molar-refractivity contribution in [2.24, 2.45) is 12.8 Å². The molecular formula is C11H17N3O2. The smallest absolute Gasteiger partial charge is 0.323 e. The van der Waals surface area contributed by atoms with Crippen LogP contribution in [-0.4, -0.2) is 28.9 Å². The summed E-state index contributed by atoms with van der Waals surface area (Å²) in [6, 6.07) is 1.41. The van der Waals surface area contributed by atoms with Crippen molar-refractivity contribution < 1.29 is 9.53 Å². The fourth-order valence-electron chi connectivity index (χ4n) is 2.29. The van der Waals surface area contributed by atoms with Crippen molar-refractivity contribution in [2.45, 2.75) is 31.2 Å². The summed E-state index contributed by atoms with van der Waals surface area (Å²) < 4.78 is 6.52. The lowest BCUT2D eigenvalue weighted by atomic mass is 9.93. The van der Waals surface area contributed by atoms with E-state index in [2.05, 4.69) is 5.10 Å². The number of rotatable bonds is 3. The second-order valence-electron chi connectivity index (χ2n) is 4.45. The highest BCUT2D eigenvalue weighted by molar-refractivity contribution is 5.78. The molecule has 0 radical (unpaired) electrons. The molecule has 1 aliphatic rings. The van der Waals surface area contributed by atoms with Crippen LogP contribution in [0, 0.1) is 6.92 Å². The number of carbonyl (C=O) groups is 1.